The standard InChI is InChI=1S/C26H24N4O3/c1-17-9-12-21(13-10-17)30-16-22(25(29-30)19-7-5-4-6-8-19)26(32)28-23-15-20(27-18(2)31)11-14-24(23)33-3/h4-16H,1-3H3,(H,27,31)(H,28,32). The predicted octanol–water partition coefficient (Wildman–Crippen LogP) is 5.07. The number of hydrogen-bond acceptors (Lipinski definition) is 4. The summed E-state index contributed by atoms with van der Waals surface area (Å²) in [5.41, 5.74) is 4.78. The summed E-state index contributed by atoms with van der Waals surface area (Å²) >= 11 is 0. The molecular formula is C26H24N4O3. The number of aryl methyl sites for hydroxylation is 1. The summed E-state index contributed by atoms with van der Waals surface area (Å²) in [6.45, 7) is 3.44. The lowest BCUT2D eigenvalue weighted by atomic mass is 10.1. The van der Waals surface area contributed by atoms with Crippen LogP contribution >= 0.6 is 0 Å². The normalized spacial score (nSPS) is 10.5. The molecule has 4 aromatic rings. The first-order valence-electron chi connectivity index (χ1n) is 10.4. The fourth-order valence-corrected chi connectivity index (χ4v) is 3.46. The van der Waals surface area contributed by atoms with Crippen LogP contribution in [-0.4, -0.2) is 28.7 Å². The van der Waals surface area contributed by atoms with Crippen molar-refractivity contribution in [2.24, 2.45) is 0 Å². The van der Waals surface area contributed by atoms with Crippen molar-refractivity contribution in [1.82, 2.24) is 9.78 Å². The lowest BCUT2D eigenvalue weighted by Crippen LogP contribution is -2.14. The van der Waals surface area contributed by atoms with Crippen LogP contribution in [-0.2, 0) is 4.79 Å². The first kappa shape index (κ1) is 21.8. The fourth-order valence-electron chi connectivity index (χ4n) is 3.46. The van der Waals surface area contributed by atoms with Gasteiger partial charge in [-0.3, -0.25) is 9.59 Å². The SMILES string of the molecule is COc1ccc(NC(C)=O)cc1NC(=O)c1cn(-c2ccc(C)cc2)nc1-c1ccccc1. The lowest BCUT2D eigenvalue weighted by Gasteiger charge is -2.12. The van der Waals surface area contributed by atoms with Crippen molar-refractivity contribution >= 4 is 23.2 Å². The minimum Gasteiger partial charge on any atom is -0.495 e. The first-order valence-corrected chi connectivity index (χ1v) is 10.4. The van der Waals surface area contributed by atoms with Crippen molar-refractivity contribution in [2.75, 3.05) is 17.7 Å². The fraction of sp³-hybridized carbons (Fsp3) is 0.115. The van der Waals surface area contributed by atoms with Gasteiger partial charge in [-0.15, -0.1) is 0 Å². The third-order valence-corrected chi connectivity index (χ3v) is 5.07. The summed E-state index contributed by atoms with van der Waals surface area (Å²) in [5.74, 6) is -0.0710. The molecule has 0 unspecified atom stereocenters. The molecule has 166 valence electrons. The van der Waals surface area contributed by atoms with Crippen molar-refractivity contribution in [1.29, 1.82) is 0 Å². The number of benzene rings is 3. The third kappa shape index (κ3) is 4.93. The number of amides is 2. The summed E-state index contributed by atoms with van der Waals surface area (Å²) in [4.78, 5) is 24.8. The van der Waals surface area contributed by atoms with E-state index in [4.69, 9.17) is 9.84 Å². The van der Waals surface area contributed by atoms with Crippen molar-refractivity contribution in [2.45, 2.75) is 13.8 Å². The Labute approximate surface area is 192 Å². The molecule has 2 N–H and O–H groups in total. The number of methoxy groups -OCH3 is 1. The number of carbonyl (C=O) groups excluding carboxylic acids is 2. The maximum Gasteiger partial charge on any atom is 0.259 e. The first-order chi connectivity index (χ1) is 15.9. The average Bonchev–Trinajstić information content (AvgIpc) is 3.26. The monoisotopic (exact) mass is 440 g/mol. The Balaban J connectivity index is 1.74. The van der Waals surface area contributed by atoms with Gasteiger partial charge >= 0.3 is 0 Å². The molecule has 0 bridgehead atoms. The lowest BCUT2D eigenvalue weighted by molar-refractivity contribution is -0.114. The van der Waals surface area contributed by atoms with E-state index in [9.17, 15) is 9.59 Å². The molecule has 2 amide bonds. The molecule has 3 aromatic carbocycles. The Hall–Kier alpha value is -4.39. The number of ether oxygens (including phenoxy) is 1. The molecule has 0 fully saturated rings. The van der Waals surface area contributed by atoms with Crippen molar-refractivity contribution in [3.05, 3.63) is 90.1 Å². The maximum absolute atomic E-state index is 13.4. The second-order valence-electron chi connectivity index (χ2n) is 7.59. The van der Waals surface area contributed by atoms with Gasteiger partial charge in [-0.2, -0.15) is 5.10 Å². The van der Waals surface area contributed by atoms with E-state index in [1.165, 1.54) is 14.0 Å². The number of nitrogens with one attached hydrogen (secondary N) is 2. The van der Waals surface area contributed by atoms with Crippen molar-refractivity contribution < 1.29 is 14.3 Å². The van der Waals surface area contributed by atoms with Gasteiger partial charge in [-0.05, 0) is 37.3 Å². The molecule has 7 nitrogen and oxygen atoms in total. The molecule has 0 saturated heterocycles. The van der Waals surface area contributed by atoms with Crippen LogP contribution in [0.5, 0.6) is 5.75 Å². The summed E-state index contributed by atoms with van der Waals surface area (Å²) in [7, 11) is 1.52. The van der Waals surface area contributed by atoms with Crippen LogP contribution in [0.2, 0.25) is 0 Å². The topological polar surface area (TPSA) is 85.3 Å². The van der Waals surface area contributed by atoms with Gasteiger partial charge < -0.3 is 15.4 Å². The molecule has 7 heteroatoms. The van der Waals surface area contributed by atoms with Crippen molar-refractivity contribution in [3.63, 3.8) is 0 Å². The van der Waals surface area contributed by atoms with E-state index < -0.39 is 0 Å². The Morgan fingerprint density at radius 3 is 2.33 bits per heavy atom. The average molecular weight is 441 g/mol. The van der Waals surface area contributed by atoms with Gasteiger partial charge in [0.05, 0.1) is 24.0 Å². The van der Waals surface area contributed by atoms with E-state index in [2.05, 4.69) is 10.6 Å². The largest absolute Gasteiger partial charge is 0.495 e. The summed E-state index contributed by atoms with van der Waals surface area (Å²) < 4.78 is 7.09. The maximum atomic E-state index is 13.4. The van der Waals surface area contributed by atoms with Gasteiger partial charge in [0.25, 0.3) is 5.91 Å². The number of carbonyl (C=O) groups is 2. The second kappa shape index (κ2) is 9.40. The Morgan fingerprint density at radius 2 is 1.67 bits per heavy atom. The van der Waals surface area contributed by atoms with Crippen LogP contribution in [0.4, 0.5) is 11.4 Å². The van der Waals surface area contributed by atoms with Gasteiger partial charge in [0.15, 0.2) is 0 Å². The zero-order valence-corrected chi connectivity index (χ0v) is 18.6. The van der Waals surface area contributed by atoms with E-state index in [-0.39, 0.29) is 11.8 Å². The van der Waals surface area contributed by atoms with Crippen LogP contribution in [0.25, 0.3) is 16.9 Å². The van der Waals surface area contributed by atoms with Gasteiger partial charge in [0.1, 0.15) is 11.4 Å². The molecule has 33 heavy (non-hydrogen) atoms. The zero-order chi connectivity index (χ0) is 23.4. The van der Waals surface area contributed by atoms with Crippen LogP contribution < -0.4 is 15.4 Å². The molecule has 0 saturated carbocycles. The molecule has 0 aliphatic carbocycles. The van der Waals surface area contributed by atoms with Crippen molar-refractivity contribution in [3.8, 4) is 22.7 Å². The third-order valence-electron chi connectivity index (χ3n) is 5.07. The number of rotatable bonds is 6. The molecule has 1 heterocycles. The van der Waals surface area contributed by atoms with E-state index in [0.29, 0.717) is 28.4 Å². The van der Waals surface area contributed by atoms with Crippen LogP contribution in [0.15, 0.2) is 79.0 Å². The minimum absolute atomic E-state index is 0.205. The number of nitrogens with zero attached hydrogens (tertiary/aromatic N) is 2. The molecule has 0 aliphatic heterocycles. The van der Waals surface area contributed by atoms with Gasteiger partial charge in [0, 0.05) is 24.4 Å². The summed E-state index contributed by atoms with van der Waals surface area (Å²) in [6, 6.07) is 22.5. The smallest absolute Gasteiger partial charge is 0.259 e. The Morgan fingerprint density at radius 1 is 0.939 bits per heavy atom. The second-order valence-corrected chi connectivity index (χ2v) is 7.59. The molecule has 1 aromatic heterocycles. The quantitative estimate of drug-likeness (QED) is 0.439. The highest BCUT2D eigenvalue weighted by Gasteiger charge is 2.20. The highest BCUT2D eigenvalue weighted by Crippen LogP contribution is 2.30. The van der Waals surface area contributed by atoms with Gasteiger partial charge in [0.2, 0.25) is 5.91 Å². The van der Waals surface area contributed by atoms with Gasteiger partial charge in [-0.25, -0.2) is 4.68 Å². The van der Waals surface area contributed by atoms with E-state index >= 15 is 0 Å². The minimum atomic E-state index is -0.342. The highest BCUT2D eigenvalue weighted by atomic mass is 16.5. The van der Waals surface area contributed by atoms with E-state index in [1.54, 1.807) is 29.1 Å². The number of hydrogen-bond donors (Lipinski definition) is 2. The molecule has 0 aliphatic rings. The Bertz CT molecular complexity index is 1300. The van der Waals surface area contributed by atoms with Crippen LogP contribution in [0, 0.1) is 6.92 Å². The molecule has 0 radical (unpaired) electrons. The van der Waals surface area contributed by atoms with Gasteiger partial charge in [-0.1, -0.05) is 48.0 Å². The number of aromatic nitrogens is 2. The van der Waals surface area contributed by atoms with E-state index in [0.717, 1.165) is 16.8 Å². The van der Waals surface area contributed by atoms with Crippen LogP contribution in [0.3, 0.4) is 0 Å². The molecule has 4 rings (SSSR count). The molecule has 0 atom stereocenters. The number of anilines is 2. The summed E-state index contributed by atoms with van der Waals surface area (Å²) in [6.07, 6.45) is 1.71. The molecule has 0 spiro atoms. The van der Waals surface area contributed by atoms with E-state index in [1.807, 2.05) is 61.5 Å². The summed E-state index contributed by atoms with van der Waals surface area (Å²) in [5, 5.41) is 10.3. The highest BCUT2D eigenvalue weighted by molar-refractivity contribution is 6.09. The van der Waals surface area contributed by atoms with Crippen LogP contribution in [0.1, 0.15) is 22.8 Å². The zero-order valence-electron chi connectivity index (χ0n) is 18.6. The molecular weight excluding hydrogens is 416 g/mol. The Kier molecular flexibility index (Phi) is 6.22. The predicted molar refractivity (Wildman–Crippen MR) is 129 cm³/mol.